The van der Waals surface area contributed by atoms with Gasteiger partial charge in [-0.2, -0.15) is 0 Å². The summed E-state index contributed by atoms with van der Waals surface area (Å²) < 4.78 is 5.96. The van der Waals surface area contributed by atoms with Crippen molar-refractivity contribution in [1.82, 2.24) is 14.9 Å². The van der Waals surface area contributed by atoms with Gasteiger partial charge in [0.2, 0.25) is 11.8 Å². The molecule has 1 fully saturated rings. The molecule has 1 saturated heterocycles. The summed E-state index contributed by atoms with van der Waals surface area (Å²) in [5.41, 5.74) is 7.37. The predicted molar refractivity (Wildman–Crippen MR) is 142 cm³/mol. The predicted octanol–water partition coefficient (Wildman–Crippen LogP) is 3.20. The number of likely N-dealkylation sites (tertiary alicyclic amines) is 1. The van der Waals surface area contributed by atoms with E-state index in [-0.39, 0.29) is 12.5 Å². The number of amides is 2. The number of benzene rings is 2. The Kier molecular flexibility index (Phi) is 6.99. The quantitative estimate of drug-likeness (QED) is 0.437. The van der Waals surface area contributed by atoms with E-state index >= 15 is 0 Å². The van der Waals surface area contributed by atoms with Crippen molar-refractivity contribution in [1.29, 1.82) is 0 Å². The Morgan fingerprint density at radius 3 is 2.51 bits per heavy atom. The van der Waals surface area contributed by atoms with Gasteiger partial charge in [0.25, 0.3) is 0 Å². The van der Waals surface area contributed by atoms with Crippen LogP contribution < -0.4 is 16.4 Å². The molecule has 2 amide bonds. The van der Waals surface area contributed by atoms with Gasteiger partial charge in [0, 0.05) is 48.3 Å². The van der Waals surface area contributed by atoms with Crippen LogP contribution in [0.2, 0.25) is 5.02 Å². The van der Waals surface area contributed by atoms with E-state index < -0.39 is 17.6 Å². The van der Waals surface area contributed by atoms with Crippen LogP contribution in [0.4, 0.5) is 11.6 Å². The van der Waals surface area contributed by atoms with E-state index in [1.807, 2.05) is 59.5 Å². The first-order chi connectivity index (χ1) is 17.9. The number of anilines is 2. The summed E-state index contributed by atoms with van der Waals surface area (Å²) in [6.45, 7) is 1.02. The van der Waals surface area contributed by atoms with Gasteiger partial charge in [-0.25, -0.2) is 9.97 Å². The van der Waals surface area contributed by atoms with Gasteiger partial charge < -0.3 is 26.0 Å². The minimum atomic E-state index is -0.525. The zero-order valence-corrected chi connectivity index (χ0v) is 21.3. The fourth-order valence-electron chi connectivity index (χ4n) is 5.12. The fraction of sp³-hybridized carbons (Fsp3) is 0.333. The average molecular weight is 521 g/mol. The molecule has 0 spiro atoms. The van der Waals surface area contributed by atoms with Crippen molar-refractivity contribution < 1.29 is 14.3 Å². The molecule has 2 aliphatic rings. The van der Waals surface area contributed by atoms with Gasteiger partial charge in [0.1, 0.15) is 17.7 Å². The lowest BCUT2D eigenvalue weighted by Gasteiger charge is -2.42. The standard InChI is InChI=1S/C27H29ClN6O3/c1-37-27(19-9-5-6-10-20(19)28)11-13-34(14-12-27)26(36)21-15-18-24(30-16-22(29)35)32-23(33-25(18)31-21)17-7-3-2-4-8-17/h2-10,21H,11-16H2,1H3,(H2,29,35)(H2,30,31,32,33). The summed E-state index contributed by atoms with van der Waals surface area (Å²) in [6.07, 6.45) is 1.69. The number of aromatic nitrogens is 2. The number of piperidine rings is 1. The van der Waals surface area contributed by atoms with E-state index in [1.165, 1.54) is 0 Å². The number of fused-ring (bicyclic) bond motifs is 1. The largest absolute Gasteiger partial charge is 0.373 e. The van der Waals surface area contributed by atoms with Gasteiger partial charge in [-0.05, 0) is 18.9 Å². The lowest BCUT2D eigenvalue weighted by molar-refractivity contribution is -0.138. The number of primary amides is 1. The van der Waals surface area contributed by atoms with E-state index in [0.717, 1.165) is 16.7 Å². The first kappa shape index (κ1) is 25.0. The molecule has 10 heteroatoms. The molecule has 37 heavy (non-hydrogen) atoms. The van der Waals surface area contributed by atoms with Crippen LogP contribution in [0.5, 0.6) is 0 Å². The van der Waals surface area contributed by atoms with E-state index in [4.69, 9.17) is 27.1 Å². The second-order valence-electron chi connectivity index (χ2n) is 9.31. The molecule has 0 radical (unpaired) electrons. The van der Waals surface area contributed by atoms with Crippen molar-refractivity contribution in [2.75, 3.05) is 37.4 Å². The van der Waals surface area contributed by atoms with Crippen LogP contribution in [0.3, 0.4) is 0 Å². The maximum atomic E-state index is 13.6. The third kappa shape index (κ3) is 4.97. The minimum Gasteiger partial charge on any atom is -0.373 e. The Morgan fingerprint density at radius 2 is 1.84 bits per heavy atom. The van der Waals surface area contributed by atoms with Crippen LogP contribution in [0.1, 0.15) is 24.0 Å². The molecule has 192 valence electrons. The molecule has 1 unspecified atom stereocenters. The van der Waals surface area contributed by atoms with Crippen molar-refractivity contribution in [3.05, 3.63) is 70.7 Å². The maximum Gasteiger partial charge on any atom is 0.245 e. The average Bonchev–Trinajstić information content (AvgIpc) is 3.36. The summed E-state index contributed by atoms with van der Waals surface area (Å²) in [6, 6.07) is 16.8. The smallest absolute Gasteiger partial charge is 0.245 e. The Hall–Kier alpha value is -3.69. The van der Waals surface area contributed by atoms with Crippen LogP contribution in [-0.2, 0) is 26.3 Å². The number of ether oxygens (including phenoxy) is 1. The molecule has 0 aliphatic carbocycles. The van der Waals surface area contributed by atoms with Crippen LogP contribution in [0.15, 0.2) is 54.6 Å². The molecule has 3 heterocycles. The van der Waals surface area contributed by atoms with Gasteiger partial charge >= 0.3 is 0 Å². The summed E-state index contributed by atoms with van der Waals surface area (Å²) in [4.78, 5) is 36.2. The number of hydrogen-bond donors (Lipinski definition) is 3. The Morgan fingerprint density at radius 1 is 1.14 bits per heavy atom. The molecule has 9 nitrogen and oxygen atoms in total. The monoisotopic (exact) mass is 520 g/mol. The minimum absolute atomic E-state index is 0.0102. The van der Waals surface area contributed by atoms with Crippen LogP contribution in [0.25, 0.3) is 11.4 Å². The second kappa shape index (κ2) is 10.4. The topological polar surface area (TPSA) is 122 Å². The number of methoxy groups -OCH3 is 1. The maximum absolute atomic E-state index is 13.6. The van der Waals surface area contributed by atoms with E-state index in [2.05, 4.69) is 15.6 Å². The molecule has 0 saturated carbocycles. The van der Waals surface area contributed by atoms with Crippen molar-refractivity contribution >= 4 is 35.1 Å². The van der Waals surface area contributed by atoms with Crippen LogP contribution in [0, 0.1) is 0 Å². The summed E-state index contributed by atoms with van der Waals surface area (Å²) in [5, 5.41) is 6.98. The second-order valence-corrected chi connectivity index (χ2v) is 9.72. The number of nitrogens with one attached hydrogen (secondary N) is 2. The highest BCUT2D eigenvalue weighted by atomic mass is 35.5. The summed E-state index contributed by atoms with van der Waals surface area (Å²) in [7, 11) is 1.69. The SMILES string of the molecule is COC1(c2ccccc2Cl)CCN(C(=O)C2Cc3c(NCC(N)=O)nc(-c4ccccc4)nc3N2)CC1. The van der Waals surface area contributed by atoms with Gasteiger partial charge in [-0.3, -0.25) is 9.59 Å². The van der Waals surface area contributed by atoms with Crippen LogP contribution in [-0.4, -0.2) is 59.5 Å². The van der Waals surface area contributed by atoms with Crippen molar-refractivity contribution in [3.63, 3.8) is 0 Å². The number of rotatable bonds is 7. The number of hydrogen-bond acceptors (Lipinski definition) is 7. The number of nitrogens with two attached hydrogens (primary N) is 1. The molecule has 5 rings (SSSR count). The number of carbonyl (C=O) groups excluding carboxylic acids is 2. The zero-order valence-electron chi connectivity index (χ0n) is 20.5. The molecular weight excluding hydrogens is 492 g/mol. The summed E-state index contributed by atoms with van der Waals surface area (Å²) in [5.74, 6) is 1.07. The molecule has 3 aromatic rings. The highest BCUT2D eigenvalue weighted by molar-refractivity contribution is 6.31. The highest BCUT2D eigenvalue weighted by Crippen LogP contribution is 2.40. The fourth-order valence-corrected chi connectivity index (χ4v) is 5.43. The van der Waals surface area contributed by atoms with E-state index in [0.29, 0.717) is 54.8 Å². The van der Waals surface area contributed by atoms with E-state index in [9.17, 15) is 9.59 Å². The molecular formula is C27H29ClN6O3. The van der Waals surface area contributed by atoms with Gasteiger partial charge in [0.05, 0.1) is 12.1 Å². The molecule has 2 aromatic carbocycles. The van der Waals surface area contributed by atoms with Crippen LogP contribution >= 0.6 is 11.6 Å². The molecule has 4 N–H and O–H groups in total. The number of halogens is 1. The Bertz CT molecular complexity index is 1310. The normalized spacial score (nSPS) is 18.1. The lowest BCUT2D eigenvalue weighted by atomic mass is 9.84. The highest BCUT2D eigenvalue weighted by Gasteiger charge is 2.41. The third-order valence-electron chi connectivity index (χ3n) is 7.12. The zero-order chi connectivity index (χ0) is 26.0. The molecule has 1 aromatic heterocycles. The molecule has 2 aliphatic heterocycles. The van der Waals surface area contributed by atoms with E-state index in [1.54, 1.807) is 7.11 Å². The van der Waals surface area contributed by atoms with Crippen molar-refractivity contribution in [3.8, 4) is 11.4 Å². The number of carbonyl (C=O) groups is 2. The Labute approximate surface area is 220 Å². The van der Waals surface area contributed by atoms with Gasteiger partial charge in [0.15, 0.2) is 5.82 Å². The lowest BCUT2D eigenvalue weighted by Crippen LogP contribution is -2.50. The Balaban J connectivity index is 1.34. The molecule has 1 atom stereocenters. The summed E-state index contributed by atoms with van der Waals surface area (Å²) >= 11 is 6.48. The third-order valence-corrected chi connectivity index (χ3v) is 7.45. The van der Waals surface area contributed by atoms with Crippen molar-refractivity contribution in [2.45, 2.75) is 30.9 Å². The first-order valence-electron chi connectivity index (χ1n) is 12.2. The number of nitrogens with zero attached hydrogens (tertiary/aromatic N) is 3. The molecule has 0 bridgehead atoms. The van der Waals surface area contributed by atoms with Gasteiger partial charge in [-0.1, -0.05) is 60.1 Å². The van der Waals surface area contributed by atoms with Gasteiger partial charge in [-0.15, -0.1) is 0 Å². The van der Waals surface area contributed by atoms with Crippen molar-refractivity contribution in [2.24, 2.45) is 5.73 Å². The first-order valence-corrected chi connectivity index (χ1v) is 12.6.